The Morgan fingerprint density at radius 1 is 0.972 bits per heavy atom. The van der Waals surface area contributed by atoms with Crippen molar-refractivity contribution in [3.63, 3.8) is 0 Å². The summed E-state index contributed by atoms with van der Waals surface area (Å²) in [5, 5.41) is 10.1. The van der Waals surface area contributed by atoms with E-state index in [9.17, 15) is 24.0 Å². The Balaban J connectivity index is 2.55. The predicted octanol–water partition coefficient (Wildman–Crippen LogP) is 1.43. The van der Waals surface area contributed by atoms with E-state index in [-0.39, 0.29) is 24.0 Å². The summed E-state index contributed by atoms with van der Waals surface area (Å²) < 4.78 is 5.65. The standard InChI is InChI=1S/C24H36N4O6S2/c1-6-16-20(30)27-19(14(4)5)24(33)34-15-9-7-8-10-35-12-36-23(22(32)25-16)28-21(31)18(13(2)3)26-17(29)11-15/h6-7,9,13-15,18-19,23H,8,10-12H2,1-5H3,(H,25,32)(H,26,29)(H,27,30)(H,28,31)/b9-7+,16-6-/t15-,18-,19+,23-/m1/s1. The lowest BCUT2D eigenvalue weighted by molar-refractivity contribution is -0.153. The number of hydrogen-bond acceptors (Lipinski definition) is 8. The number of allylic oxidation sites excluding steroid dienone is 2. The van der Waals surface area contributed by atoms with Gasteiger partial charge in [-0.05, 0) is 37.0 Å². The molecule has 2 bridgehead atoms. The molecule has 0 unspecified atom stereocenters. The molecule has 0 aromatic heterocycles. The Hall–Kier alpha value is -2.47. The van der Waals surface area contributed by atoms with Gasteiger partial charge in [0.15, 0.2) is 5.37 Å². The van der Waals surface area contributed by atoms with E-state index >= 15 is 0 Å². The van der Waals surface area contributed by atoms with Gasteiger partial charge in [-0.1, -0.05) is 39.8 Å². The molecule has 12 heteroatoms. The molecule has 0 aromatic rings. The Kier molecular flexibility index (Phi) is 11.8. The third-order valence-corrected chi connectivity index (χ3v) is 7.93. The van der Waals surface area contributed by atoms with E-state index < -0.39 is 53.2 Å². The zero-order valence-electron chi connectivity index (χ0n) is 21.3. The monoisotopic (exact) mass is 540 g/mol. The molecule has 0 radical (unpaired) electrons. The van der Waals surface area contributed by atoms with Gasteiger partial charge in [0.05, 0.1) is 6.42 Å². The number of rotatable bonds is 2. The van der Waals surface area contributed by atoms with E-state index in [1.54, 1.807) is 52.5 Å². The maximum atomic E-state index is 13.1. The normalized spacial score (nSPS) is 29.6. The van der Waals surface area contributed by atoms with Crippen molar-refractivity contribution in [1.82, 2.24) is 21.3 Å². The predicted molar refractivity (Wildman–Crippen MR) is 141 cm³/mol. The van der Waals surface area contributed by atoms with E-state index in [1.807, 2.05) is 6.08 Å². The minimum atomic E-state index is -1.00. The first-order chi connectivity index (χ1) is 17.0. The molecule has 0 saturated carbocycles. The van der Waals surface area contributed by atoms with Crippen LogP contribution >= 0.6 is 23.5 Å². The highest BCUT2D eigenvalue weighted by Crippen LogP contribution is 2.20. The van der Waals surface area contributed by atoms with Gasteiger partial charge in [0.2, 0.25) is 11.8 Å². The van der Waals surface area contributed by atoms with Crippen molar-refractivity contribution in [3.05, 3.63) is 23.9 Å². The fourth-order valence-corrected chi connectivity index (χ4v) is 5.59. The van der Waals surface area contributed by atoms with Crippen LogP contribution in [0.1, 0.15) is 47.5 Å². The number of amides is 4. The van der Waals surface area contributed by atoms with Crippen molar-refractivity contribution >= 4 is 53.1 Å². The SMILES string of the molecule is C/C=C1\NC(=O)[C@@H]2NC(=O)[C@@H](C(C)C)NC(=O)C[C@@H](/C=C/CCSCS2)OC(=O)[C@H](C(C)C)NC1=O. The van der Waals surface area contributed by atoms with Crippen molar-refractivity contribution in [3.8, 4) is 0 Å². The maximum Gasteiger partial charge on any atom is 0.329 e. The van der Waals surface area contributed by atoms with Crippen molar-refractivity contribution in [2.75, 3.05) is 10.8 Å². The van der Waals surface area contributed by atoms with Crippen molar-refractivity contribution in [2.45, 2.75) is 71.0 Å². The average Bonchev–Trinajstić information content (AvgIpc) is 2.81. The molecule has 4 N–H and O–H groups in total. The lowest BCUT2D eigenvalue weighted by atomic mass is 10.0. The zero-order chi connectivity index (χ0) is 26.8. The minimum absolute atomic E-state index is 0.0486. The fourth-order valence-electron chi connectivity index (χ4n) is 3.47. The number of carbonyl (C=O) groups is 5. The number of thioether (sulfide) groups is 2. The second-order valence-electron chi connectivity index (χ2n) is 9.15. The molecule has 0 aromatic carbocycles. The Bertz CT molecular complexity index is 905. The number of esters is 1. The van der Waals surface area contributed by atoms with Gasteiger partial charge in [0.1, 0.15) is 23.9 Å². The number of carbonyl (C=O) groups excluding carboxylic acids is 5. The van der Waals surface area contributed by atoms with E-state index in [1.165, 1.54) is 17.8 Å². The van der Waals surface area contributed by atoms with Crippen molar-refractivity contribution < 1.29 is 28.7 Å². The van der Waals surface area contributed by atoms with Crippen molar-refractivity contribution in [1.29, 1.82) is 0 Å². The molecule has 1 saturated heterocycles. The Morgan fingerprint density at radius 3 is 2.31 bits per heavy atom. The van der Waals surface area contributed by atoms with E-state index in [4.69, 9.17) is 4.74 Å². The van der Waals surface area contributed by atoms with E-state index in [0.717, 1.165) is 5.75 Å². The molecule has 4 amide bonds. The van der Waals surface area contributed by atoms with Gasteiger partial charge in [-0.2, -0.15) is 11.8 Å². The summed E-state index contributed by atoms with van der Waals surface area (Å²) >= 11 is 2.79. The maximum absolute atomic E-state index is 13.1. The van der Waals surface area contributed by atoms with Crippen LogP contribution in [0.3, 0.4) is 0 Å². The molecule has 4 atom stereocenters. The summed E-state index contributed by atoms with van der Waals surface area (Å²) in [4.78, 5) is 65.2. The van der Waals surface area contributed by atoms with Crippen LogP contribution in [0.25, 0.3) is 0 Å². The summed E-state index contributed by atoms with van der Waals surface area (Å²) in [7, 11) is 0. The first-order valence-corrected chi connectivity index (χ1v) is 14.2. The molecular weight excluding hydrogens is 504 g/mol. The summed E-state index contributed by atoms with van der Waals surface area (Å²) in [5.41, 5.74) is -0.0486. The topological polar surface area (TPSA) is 143 Å². The summed E-state index contributed by atoms with van der Waals surface area (Å²) in [6.45, 7) is 8.65. The highest BCUT2D eigenvalue weighted by Gasteiger charge is 2.33. The molecule has 200 valence electrons. The lowest BCUT2D eigenvalue weighted by Crippen LogP contribution is -2.56. The number of fused-ring (bicyclic) bond motifs is 7. The van der Waals surface area contributed by atoms with Gasteiger partial charge in [-0.3, -0.25) is 19.2 Å². The van der Waals surface area contributed by atoms with Crippen LogP contribution < -0.4 is 21.3 Å². The van der Waals surface area contributed by atoms with Gasteiger partial charge >= 0.3 is 5.97 Å². The Labute approximate surface area is 220 Å². The summed E-state index contributed by atoms with van der Waals surface area (Å²) in [6, 6.07) is -1.91. The van der Waals surface area contributed by atoms with Crippen LogP contribution in [0, 0.1) is 11.8 Å². The van der Waals surface area contributed by atoms with E-state index in [0.29, 0.717) is 11.5 Å². The third kappa shape index (κ3) is 8.88. The zero-order valence-corrected chi connectivity index (χ0v) is 22.9. The van der Waals surface area contributed by atoms with E-state index in [2.05, 4.69) is 21.3 Å². The molecule has 0 spiro atoms. The number of hydrogen-bond donors (Lipinski definition) is 4. The van der Waals surface area contributed by atoms with Crippen LogP contribution in [0.5, 0.6) is 0 Å². The second kappa shape index (κ2) is 14.3. The molecule has 2 aliphatic heterocycles. The number of nitrogens with one attached hydrogen (secondary N) is 4. The smallest absolute Gasteiger partial charge is 0.329 e. The van der Waals surface area contributed by atoms with Crippen LogP contribution in [0.15, 0.2) is 23.9 Å². The fraction of sp³-hybridized carbons (Fsp3) is 0.625. The molecule has 0 aliphatic carbocycles. The third-order valence-electron chi connectivity index (χ3n) is 5.53. The molecule has 36 heavy (non-hydrogen) atoms. The molecule has 1 fully saturated rings. The highest BCUT2D eigenvalue weighted by molar-refractivity contribution is 8.16. The van der Waals surface area contributed by atoms with Crippen LogP contribution in [-0.2, 0) is 28.7 Å². The molecule has 2 rings (SSSR count). The van der Waals surface area contributed by atoms with Gasteiger partial charge in [0.25, 0.3) is 11.8 Å². The second-order valence-corrected chi connectivity index (χ2v) is 11.7. The van der Waals surface area contributed by atoms with Gasteiger partial charge in [-0.25, -0.2) is 4.79 Å². The van der Waals surface area contributed by atoms with Gasteiger partial charge in [0, 0.05) is 5.08 Å². The van der Waals surface area contributed by atoms with Crippen LogP contribution in [0.4, 0.5) is 0 Å². The quantitative estimate of drug-likeness (QED) is 0.234. The van der Waals surface area contributed by atoms with Crippen LogP contribution in [0.2, 0.25) is 0 Å². The molecule has 2 heterocycles. The first-order valence-electron chi connectivity index (χ1n) is 12.0. The minimum Gasteiger partial charge on any atom is -0.456 e. The lowest BCUT2D eigenvalue weighted by Gasteiger charge is -2.27. The average molecular weight is 541 g/mol. The highest BCUT2D eigenvalue weighted by atomic mass is 32.2. The first kappa shape index (κ1) is 29.8. The summed E-state index contributed by atoms with van der Waals surface area (Å²) in [5.74, 6) is -2.81. The van der Waals surface area contributed by atoms with Crippen LogP contribution in [-0.4, -0.2) is 64.0 Å². The molecular formula is C24H36N4O6S2. The molecule has 2 aliphatic rings. The van der Waals surface area contributed by atoms with Gasteiger partial charge < -0.3 is 26.0 Å². The summed E-state index contributed by atoms with van der Waals surface area (Å²) in [6.07, 6.45) is 4.52. The number of ether oxygens (including phenoxy) is 1. The van der Waals surface area contributed by atoms with Gasteiger partial charge in [-0.15, -0.1) is 11.8 Å². The van der Waals surface area contributed by atoms with Crippen molar-refractivity contribution in [2.24, 2.45) is 11.8 Å². The Morgan fingerprint density at radius 2 is 1.67 bits per heavy atom. The largest absolute Gasteiger partial charge is 0.456 e. The molecule has 10 nitrogen and oxygen atoms in total.